The summed E-state index contributed by atoms with van der Waals surface area (Å²) in [4.78, 5) is 10.4. The van der Waals surface area contributed by atoms with E-state index in [4.69, 9.17) is 14.7 Å². The molecular formula is C31H34N2O. The van der Waals surface area contributed by atoms with Crippen LogP contribution in [0, 0.1) is 11.8 Å². The molecule has 3 aromatic rings. The second kappa shape index (κ2) is 9.74. The van der Waals surface area contributed by atoms with Gasteiger partial charge in [0.1, 0.15) is 11.7 Å². The topological polar surface area (TPSA) is 34.5 Å². The second-order valence-corrected chi connectivity index (χ2v) is 10.3. The van der Waals surface area contributed by atoms with Crippen molar-refractivity contribution in [3.05, 3.63) is 101 Å². The molecule has 2 atom stereocenters. The summed E-state index contributed by atoms with van der Waals surface area (Å²) >= 11 is 0. The summed E-state index contributed by atoms with van der Waals surface area (Å²) in [5, 5.41) is 0. The van der Waals surface area contributed by atoms with E-state index >= 15 is 0 Å². The fourth-order valence-corrected chi connectivity index (χ4v) is 6.59. The maximum Gasteiger partial charge on any atom is 0.236 e. The van der Waals surface area contributed by atoms with Crippen molar-refractivity contribution < 1.29 is 4.74 Å². The molecule has 3 nitrogen and oxygen atoms in total. The number of aromatic nitrogens is 1. The van der Waals surface area contributed by atoms with E-state index < -0.39 is 0 Å². The molecule has 174 valence electrons. The zero-order chi connectivity index (χ0) is 22.7. The monoisotopic (exact) mass is 450 g/mol. The van der Waals surface area contributed by atoms with Crippen molar-refractivity contribution in [2.45, 2.75) is 69.4 Å². The van der Waals surface area contributed by atoms with Crippen LogP contribution in [-0.2, 0) is 4.74 Å². The summed E-state index contributed by atoms with van der Waals surface area (Å²) in [5.74, 6) is 2.83. The number of hydrogen-bond acceptors (Lipinski definition) is 3. The van der Waals surface area contributed by atoms with Gasteiger partial charge in [-0.25, -0.2) is 9.98 Å². The Bertz CT molecular complexity index is 1100. The number of rotatable bonds is 6. The quantitative estimate of drug-likeness (QED) is 0.384. The van der Waals surface area contributed by atoms with Crippen LogP contribution in [0.4, 0.5) is 0 Å². The average Bonchev–Trinajstić information content (AvgIpc) is 3.68. The van der Waals surface area contributed by atoms with Crippen molar-refractivity contribution >= 4 is 5.90 Å². The van der Waals surface area contributed by atoms with Crippen LogP contribution in [0.1, 0.15) is 91.9 Å². The average molecular weight is 451 g/mol. The predicted molar refractivity (Wildman–Crippen MR) is 137 cm³/mol. The largest absolute Gasteiger partial charge is 0.465 e. The lowest BCUT2D eigenvalue weighted by Gasteiger charge is -2.29. The molecular weight excluding hydrogens is 416 g/mol. The Labute approximate surface area is 203 Å². The summed E-state index contributed by atoms with van der Waals surface area (Å²) in [6.07, 6.45) is 10.8. The number of hydrogen-bond donors (Lipinski definition) is 0. The van der Waals surface area contributed by atoms with Gasteiger partial charge in [-0.3, -0.25) is 0 Å². The predicted octanol–water partition coefficient (Wildman–Crippen LogP) is 7.81. The highest BCUT2D eigenvalue weighted by Gasteiger charge is 2.37. The lowest BCUT2D eigenvalue weighted by atomic mass is 9.77. The molecule has 0 spiro atoms. The lowest BCUT2D eigenvalue weighted by Crippen LogP contribution is -2.20. The second-order valence-electron chi connectivity index (χ2n) is 10.3. The molecule has 34 heavy (non-hydrogen) atoms. The SMILES string of the molecule is c1ccc(C2N=C(c3cccc(C(C4CCCC4)C4CCCC4)n3)OC2c2ccccc2)cc1. The summed E-state index contributed by atoms with van der Waals surface area (Å²) in [5.41, 5.74) is 4.48. The van der Waals surface area contributed by atoms with Crippen LogP contribution in [-0.4, -0.2) is 10.9 Å². The molecule has 3 heteroatoms. The Kier molecular flexibility index (Phi) is 6.18. The number of aliphatic imine (C=N–C) groups is 1. The van der Waals surface area contributed by atoms with Gasteiger partial charge in [-0.05, 0) is 60.8 Å². The zero-order valence-corrected chi connectivity index (χ0v) is 19.9. The maximum absolute atomic E-state index is 6.57. The molecule has 1 aliphatic heterocycles. The number of ether oxygens (including phenoxy) is 1. The first-order valence-electron chi connectivity index (χ1n) is 13.2. The molecule has 2 unspecified atom stereocenters. The van der Waals surface area contributed by atoms with Crippen LogP contribution in [0.3, 0.4) is 0 Å². The normalized spacial score (nSPS) is 23.4. The minimum atomic E-state index is -0.135. The third-order valence-corrected chi connectivity index (χ3v) is 8.20. The van der Waals surface area contributed by atoms with E-state index in [1.54, 1.807) is 0 Å². The smallest absolute Gasteiger partial charge is 0.236 e. The van der Waals surface area contributed by atoms with Crippen LogP contribution in [0.2, 0.25) is 0 Å². The molecule has 3 aliphatic rings. The fraction of sp³-hybridized carbons (Fsp3) is 0.419. The van der Waals surface area contributed by atoms with Gasteiger partial charge in [0.15, 0.2) is 6.10 Å². The van der Waals surface area contributed by atoms with Crippen molar-refractivity contribution in [1.82, 2.24) is 4.98 Å². The highest BCUT2D eigenvalue weighted by atomic mass is 16.5. The Balaban J connectivity index is 1.35. The number of pyridine rings is 1. The Morgan fingerprint density at radius 2 is 1.24 bits per heavy atom. The Hall–Kier alpha value is -2.94. The van der Waals surface area contributed by atoms with E-state index in [1.807, 2.05) is 0 Å². The van der Waals surface area contributed by atoms with Gasteiger partial charge in [0.25, 0.3) is 0 Å². The van der Waals surface area contributed by atoms with Gasteiger partial charge in [-0.1, -0.05) is 92.4 Å². The third kappa shape index (κ3) is 4.29. The summed E-state index contributed by atoms with van der Waals surface area (Å²) in [7, 11) is 0. The molecule has 0 amide bonds. The zero-order valence-electron chi connectivity index (χ0n) is 19.9. The molecule has 0 saturated heterocycles. The summed E-state index contributed by atoms with van der Waals surface area (Å²) in [6, 6.07) is 27.4. The van der Waals surface area contributed by atoms with Crippen LogP contribution < -0.4 is 0 Å². The van der Waals surface area contributed by atoms with Crippen molar-refractivity contribution in [2.75, 3.05) is 0 Å². The van der Waals surface area contributed by atoms with E-state index in [1.165, 1.54) is 62.6 Å². The van der Waals surface area contributed by atoms with E-state index in [0.29, 0.717) is 11.8 Å². The minimum absolute atomic E-state index is 0.0653. The van der Waals surface area contributed by atoms with Gasteiger partial charge < -0.3 is 4.74 Å². The molecule has 2 aromatic carbocycles. The van der Waals surface area contributed by atoms with Crippen molar-refractivity contribution in [3.8, 4) is 0 Å². The molecule has 6 rings (SSSR count). The standard InChI is InChI=1S/C31H34N2O/c1-3-16-24(17-4-1)29-30(25-18-5-2-6-19-25)34-31(33-29)27-21-11-20-26(32-27)28(22-12-7-8-13-22)23-14-9-10-15-23/h1-6,11,16-23,28-30H,7-10,12-15H2. The number of benzene rings is 2. The first-order chi connectivity index (χ1) is 16.9. The van der Waals surface area contributed by atoms with E-state index in [2.05, 4.69) is 78.9 Å². The lowest BCUT2D eigenvalue weighted by molar-refractivity contribution is 0.196. The van der Waals surface area contributed by atoms with Gasteiger partial charge in [0, 0.05) is 11.6 Å². The van der Waals surface area contributed by atoms with E-state index in [0.717, 1.165) is 23.1 Å². The third-order valence-electron chi connectivity index (χ3n) is 8.20. The Morgan fingerprint density at radius 3 is 1.85 bits per heavy atom. The van der Waals surface area contributed by atoms with Crippen LogP contribution in [0.15, 0.2) is 83.9 Å². The first-order valence-corrected chi connectivity index (χ1v) is 13.2. The van der Waals surface area contributed by atoms with Crippen molar-refractivity contribution in [3.63, 3.8) is 0 Å². The molecule has 1 aromatic heterocycles. The Morgan fingerprint density at radius 1 is 0.647 bits per heavy atom. The van der Waals surface area contributed by atoms with Crippen LogP contribution >= 0.6 is 0 Å². The van der Waals surface area contributed by atoms with Crippen molar-refractivity contribution in [2.24, 2.45) is 16.8 Å². The summed E-state index contributed by atoms with van der Waals surface area (Å²) < 4.78 is 6.57. The highest BCUT2D eigenvalue weighted by molar-refractivity contribution is 5.93. The summed E-state index contributed by atoms with van der Waals surface area (Å²) in [6.45, 7) is 0. The van der Waals surface area contributed by atoms with Gasteiger partial charge in [0.05, 0.1) is 0 Å². The minimum Gasteiger partial charge on any atom is -0.465 e. The van der Waals surface area contributed by atoms with E-state index in [9.17, 15) is 0 Å². The molecule has 2 heterocycles. The van der Waals surface area contributed by atoms with Gasteiger partial charge in [-0.15, -0.1) is 0 Å². The molecule has 0 N–H and O–H groups in total. The molecule has 2 aliphatic carbocycles. The molecule has 2 fully saturated rings. The van der Waals surface area contributed by atoms with Gasteiger partial charge >= 0.3 is 0 Å². The fourth-order valence-electron chi connectivity index (χ4n) is 6.59. The molecule has 2 saturated carbocycles. The number of nitrogens with zero attached hydrogens (tertiary/aromatic N) is 2. The van der Waals surface area contributed by atoms with E-state index in [-0.39, 0.29) is 12.1 Å². The first kappa shape index (κ1) is 21.6. The van der Waals surface area contributed by atoms with Crippen molar-refractivity contribution in [1.29, 1.82) is 0 Å². The van der Waals surface area contributed by atoms with Crippen LogP contribution in [0.25, 0.3) is 0 Å². The maximum atomic E-state index is 6.57. The molecule has 0 radical (unpaired) electrons. The highest BCUT2D eigenvalue weighted by Crippen LogP contribution is 2.47. The van der Waals surface area contributed by atoms with Crippen LogP contribution in [0.5, 0.6) is 0 Å². The van der Waals surface area contributed by atoms with Gasteiger partial charge in [-0.2, -0.15) is 0 Å². The van der Waals surface area contributed by atoms with Gasteiger partial charge in [0.2, 0.25) is 5.90 Å². The molecule has 0 bridgehead atoms.